The van der Waals surface area contributed by atoms with Gasteiger partial charge in [0, 0.05) is 11.0 Å². The molecule has 0 aromatic heterocycles. The molecule has 0 bridgehead atoms. The van der Waals surface area contributed by atoms with Gasteiger partial charge in [-0.05, 0) is 44.4 Å². The van der Waals surface area contributed by atoms with Crippen molar-refractivity contribution in [1.82, 2.24) is 4.72 Å². The molecule has 1 atom stereocenters. The number of aliphatic hydroxyl groups excluding tert-OH is 1. The first-order chi connectivity index (χ1) is 11.5. The Morgan fingerprint density at radius 1 is 0.958 bits per heavy atom. The summed E-state index contributed by atoms with van der Waals surface area (Å²) in [7, 11) is -3.70. The van der Waals surface area contributed by atoms with Gasteiger partial charge >= 0.3 is 0 Å². The molecule has 0 amide bonds. The second kappa shape index (κ2) is 7.03. The third kappa shape index (κ3) is 3.52. The number of hydrogen-bond donors (Lipinski definition) is 2. The third-order valence-corrected chi connectivity index (χ3v) is 6.21. The van der Waals surface area contributed by atoms with Crippen molar-refractivity contribution >= 4 is 36.7 Å². The molecule has 124 valence electrons. The maximum atomic E-state index is 12.4. The van der Waals surface area contributed by atoms with Gasteiger partial charge in [-0.15, -0.1) is 0 Å². The van der Waals surface area contributed by atoms with Crippen LogP contribution >= 0.6 is 15.9 Å². The van der Waals surface area contributed by atoms with Gasteiger partial charge in [0.25, 0.3) is 0 Å². The van der Waals surface area contributed by atoms with E-state index in [4.69, 9.17) is 0 Å². The molecule has 0 heterocycles. The molecule has 0 unspecified atom stereocenters. The van der Waals surface area contributed by atoms with Crippen LogP contribution in [0.25, 0.3) is 10.8 Å². The second-order valence-corrected chi connectivity index (χ2v) is 7.96. The number of halogens is 1. The zero-order valence-electron chi connectivity index (χ0n) is 12.7. The highest BCUT2D eigenvalue weighted by Crippen LogP contribution is 2.25. The zero-order valence-corrected chi connectivity index (χ0v) is 15.1. The molecule has 0 aliphatic carbocycles. The molecular formula is C18H16BrNO3S. The summed E-state index contributed by atoms with van der Waals surface area (Å²) in [6.45, 7) is -0.0995. The summed E-state index contributed by atoms with van der Waals surface area (Å²) in [4.78, 5) is 0.148. The fourth-order valence-electron chi connectivity index (χ4n) is 2.58. The van der Waals surface area contributed by atoms with Gasteiger partial charge in [-0.25, -0.2) is 13.1 Å². The molecule has 24 heavy (non-hydrogen) atoms. The molecule has 0 fully saturated rings. The summed E-state index contributed by atoms with van der Waals surface area (Å²) in [5.74, 6) is 0. The highest BCUT2D eigenvalue weighted by Gasteiger charge is 2.19. The minimum absolute atomic E-state index is 0.0995. The van der Waals surface area contributed by atoms with E-state index >= 15 is 0 Å². The minimum Gasteiger partial charge on any atom is -0.387 e. The molecule has 3 aromatic carbocycles. The van der Waals surface area contributed by atoms with Crippen molar-refractivity contribution in [2.45, 2.75) is 11.0 Å². The lowest BCUT2D eigenvalue weighted by Crippen LogP contribution is -2.28. The lowest BCUT2D eigenvalue weighted by Gasteiger charge is -2.15. The molecule has 2 N–H and O–H groups in total. The Hall–Kier alpha value is -1.73. The Bertz CT molecular complexity index is 967. The predicted molar refractivity (Wildman–Crippen MR) is 98.2 cm³/mol. The van der Waals surface area contributed by atoms with Crippen LogP contribution in [0.1, 0.15) is 11.7 Å². The highest BCUT2D eigenvalue weighted by molar-refractivity contribution is 9.10. The molecule has 3 aromatic rings. The number of sulfonamides is 1. The van der Waals surface area contributed by atoms with Crippen molar-refractivity contribution in [1.29, 1.82) is 0 Å². The van der Waals surface area contributed by atoms with Gasteiger partial charge in [0.05, 0.1) is 11.0 Å². The molecule has 0 aliphatic heterocycles. The van der Waals surface area contributed by atoms with Crippen LogP contribution in [0.5, 0.6) is 0 Å². The molecular weight excluding hydrogens is 390 g/mol. The van der Waals surface area contributed by atoms with Crippen molar-refractivity contribution < 1.29 is 13.5 Å². The Kier molecular flexibility index (Phi) is 5.01. The number of hydrogen-bond acceptors (Lipinski definition) is 3. The van der Waals surface area contributed by atoms with Crippen LogP contribution in [0.4, 0.5) is 0 Å². The van der Waals surface area contributed by atoms with E-state index in [0.717, 1.165) is 10.8 Å². The minimum atomic E-state index is -3.70. The van der Waals surface area contributed by atoms with Crippen molar-refractivity contribution in [3.8, 4) is 0 Å². The predicted octanol–water partition coefficient (Wildman–Crippen LogP) is 3.61. The summed E-state index contributed by atoms with van der Waals surface area (Å²) >= 11 is 3.23. The van der Waals surface area contributed by atoms with Crippen LogP contribution in [-0.2, 0) is 10.0 Å². The highest BCUT2D eigenvalue weighted by atomic mass is 79.9. The normalized spacial score (nSPS) is 13.1. The second-order valence-electron chi connectivity index (χ2n) is 5.37. The van der Waals surface area contributed by atoms with Gasteiger partial charge in [0.1, 0.15) is 0 Å². The Labute approximate surface area is 149 Å². The monoisotopic (exact) mass is 405 g/mol. The first kappa shape index (κ1) is 17.1. The van der Waals surface area contributed by atoms with Crippen LogP contribution in [0.3, 0.4) is 0 Å². The van der Waals surface area contributed by atoms with Crippen LogP contribution in [0.15, 0.2) is 76.1 Å². The van der Waals surface area contributed by atoms with Gasteiger partial charge < -0.3 is 5.11 Å². The quantitative estimate of drug-likeness (QED) is 0.680. The number of rotatable bonds is 5. The average molecular weight is 406 g/mol. The maximum Gasteiger partial charge on any atom is 0.241 e. The fourth-order valence-corrected chi connectivity index (χ4v) is 4.62. The average Bonchev–Trinajstić information content (AvgIpc) is 2.59. The Morgan fingerprint density at radius 2 is 1.62 bits per heavy atom. The van der Waals surface area contributed by atoms with Crippen LogP contribution in [0.2, 0.25) is 0 Å². The van der Waals surface area contributed by atoms with Crippen molar-refractivity contribution in [2.24, 2.45) is 0 Å². The van der Waals surface area contributed by atoms with E-state index in [1.165, 1.54) is 6.07 Å². The molecule has 0 saturated heterocycles. The molecule has 0 spiro atoms. The smallest absolute Gasteiger partial charge is 0.241 e. The maximum absolute atomic E-state index is 12.4. The first-order valence-corrected chi connectivity index (χ1v) is 9.66. The lowest BCUT2D eigenvalue weighted by atomic mass is 10.0. The number of fused-ring (bicyclic) bond motifs is 1. The van der Waals surface area contributed by atoms with E-state index in [0.29, 0.717) is 10.0 Å². The van der Waals surface area contributed by atoms with Crippen LogP contribution in [-0.4, -0.2) is 20.1 Å². The van der Waals surface area contributed by atoms with E-state index in [-0.39, 0.29) is 11.4 Å². The van der Waals surface area contributed by atoms with Crippen LogP contribution < -0.4 is 4.72 Å². The van der Waals surface area contributed by atoms with Gasteiger partial charge in [-0.3, -0.25) is 0 Å². The SMILES string of the molecule is O=S(=O)(NC[C@H](O)c1cccc2ccccc12)c1ccccc1Br. The molecule has 3 rings (SSSR count). The summed E-state index contributed by atoms with van der Waals surface area (Å²) in [5.41, 5.74) is 0.697. The molecule has 0 aliphatic rings. The molecule has 6 heteroatoms. The van der Waals surface area contributed by atoms with Crippen molar-refractivity contribution in [3.05, 3.63) is 76.8 Å². The molecule has 0 saturated carbocycles. The van der Waals surface area contributed by atoms with Gasteiger partial charge in [-0.1, -0.05) is 54.6 Å². The van der Waals surface area contributed by atoms with E-state index in [9.17, 15) is 13.5 Å². The first-order valence-electron chi connectivity index (χ1n) is 7.39. The van der Waals surface area contributed by atoms with Crippen LogP contribution in [0, 0.1) is 0 Å². The molecule has 4 nitrogen and oxygen atoms in total. The zero-order chi connectivity index (χ0) is 17.2. The fraction of sp³-hybridized carbons (Fsp3) is 0.111. The summed E-state index contributed by atoms with van der Waals surface area (Å²) < 4.78 is 27.8. The molecule has 0 radical (unpaired) electrons. The van der Waals surface area contributed by atoms with E-state index in [2.05, 4.69) is 20.7 Å². The Morgan fingerprint density at radius 3 is 2.42 bits per heavy atom. The summed E-state index contributed by atoms with van der Waals surface area (Å²) in [6, 6.07) is 19.9. The number of aliphatic hydroxyl groups is 1. The third-order valence-electron chi connectivity index (χ3n) is 3.78. The topological polar surface area (TPSA) is 66.4 Å². The largest absolute Gasteiger partial charge is 0.387 e. The summed E-state index contributed by atoms with van der Waals surface area (Å²) in [5, 5.41) is 12.4. The standard InChI is InChI=1S/C18H16BrNO3S/c19-16-10-3-4-11-18(16)24(22,23)20-12-17(21)15-9-5-7-13-6-1-2-8-14(13)15/h1-11,17,20-21H,12H2/t17-/m0/s1. The Balaban J connectivity index is 1.83. The van der Waals surface area contributed by atoms with E-state index in [1.807, 2.05) is 36.4 Å². The van der Waals surface area contributed by atoms with Gasteiger partial charge in [-0.2, -0.15) is 0 Å². The number of nitrogens with one attached hydrogen (secondary N) is 1. The summed E-state index contributed by atoms with van der Waals surface area (Å²) in [6.07, 6.45) is -0.937. The van der Waals surface area contributed by atoms with Crippen molar-refractivity contribution in [3.63, 3.8) is 0 Å². The van der Waals surface area contributed by atoms with Crippen molar-refractivity contribution in [2.75, 3.05) is 6.54 Å². The lowest BCUT2D eigenvalue weighted by molar-refractivity contribution is 0.183. The van der Waals surface area contributed by atoms with E-state index in [1.54, 1.807) is 24.3 Å². The van der Waals surface area contributed by atoms with Gasteiger partial charge in [0.15, 0.2) is 0 Å². The van der Waals surface area contributed by atoms with Gasteiger partial charge in [0.2, 0.25) is 10.0 Å². The number of benzene rings is 3. The van der Waals surface area contributed by atoms with E-state index < -0.39 is 16.1 Å².